The number of carbonyl (C=O) groups excluding carboxylic acids is 1. The molecule has 58 valence electrons. The molecule has 6 heteroatoms. The Morgan fingerprint density at radius 3 is 2.83 bits per heavy atom. The molecule has 0 radical (unpaired) electrons. The van der Waals surface area contributed by atoms with E-state index < -0.39 is 5.97 Å². The molecular weight excluding hydrogens is 153 g/mol. The molecule has 1 N–H and O–H groups in total. The maximum atomic E-state index is 10.2. The third-order valence-corrected chi connectivity index (χ3v) is 1.15. The van der Waals surface area contributed by atoms with E-state index in [1.54, 1.807) is 7.05 Å². The minimum Gasteiger partial charge on any atom is -0.543 e. The molecule has 1 aromatic rings. The zero-order valence-electron chi connectivity index (χ0n) is 6.87. The van der Waals surface area contributed by atoms with E-state index in [4.69, 9.17) is 0 Å². The number of aromatic carboxylic acids is 1. The van der Waals surface area contributed by atoms with Gasteiger partial charge in [0.1, 0.15) is 5.69 Å². The van der Waals surface area contributed by atoms with Gasteiger partial charge in [-0.25, -0.2) is 0 Å². The van der Waals surface area contributed by atoms with E-state index in [1.165, 1.54) is 12.3 Å². The van der Waals surface area contributed by atoms with Gasteiger partial charge in [0.25, 0.3) is 0 Å². The fourth-order valence-corrected chi connectivity index (χ4v) is 0.603. The summed E-state index contributed by atoms with van der Waals surface area (Å²) < 4.78 is 0. The number of carboxylic acids is 1. The number of nitrogens with one attached hydrogen (secondary N) is 1. The van der Waals surface area contributed by atoms with Crippen molar-refractivity contribution in [3.63, 3.8) is 0 Å². The molecule has 0 aliphatic heterocycles. The first-order chi connectivity index (χ1) is 5.24. The van der Waals surface area contributed by atoms with E-state index in [9.17, 15) is 9.90 Å². The molecule has 1 heterocycles. The number of aromatic nitrogens is 2. The second kappa shape index (κ2) is 4.75. The summed E-state index contributed by atoms with van der Waals surface area (Å²) in [6, 6.07) is 1.35. The molecule has 0 aliphatic rings. The quantitative estimate of drug-likeness (QED) is 0.443. The molecule has 0 spiro atoms. The Morgan fingerprint density at radius 1 is 1.67 bits per heavy atom. The molecule has 0 bridgehead atoms. The van der Waals surface area contributed by atoms with Crippen LogP contribution < -0.4 is 29.3 Å². The first-order valence-corrected chi connectivity index (χ1v) is 2.96. The zero-order chi connectivity index (χ0) is 8.27. The Balaban J connectivity index is 0.00000121. The van der Waals surface area contributed by atoms with Crippen molar-refractivity contribution in [1.29, 1.82) is 0 Å². The van der Waals surface area contributed by atoms with Crippen molar-refractivity contribution in [2.24, 2.45) is 0 Å². The summed E-state index contributed by atoms with van der Waals surface area (Å²) in [6.45, 7) is 0. The van der Waals surface area contributed by atoms with Crippen molar-refractivity contribution in [2.45, 2.75) is 0 Å². The normalized spacial score (nSPS) is 8.42. The van der Waals surface area contributed by atoms with Gasteiger partial charge in [0.05, 0.1) is 17.9 Å². The Morgan fingerprint density at radius 2 is 2.33 bits per heavy atom. The molecule has 0 saturated carbocycles. The summed E-state index contributed by atoms with van der Waals surface area (Å²) in [4.78, 5) is 10.2. The number of rotatable bonds is 2. The number of carbonyl (C=O) groups is 1. The maximum absolute atomic E-state index is 10.2. The summed E-state index contributed by atoms with van der Waals surface area (Å²) in [5.74, 6) is -1.32. The Labute approximate surface area is 81.4 Å². The van der Waals surface area contributed by atoms with Gasteiger partial charge in [-0.1, -0.05) is 0 Å². The van der Waals surface area contributed by atoms with E-state index in [0.29, 0.717) is 5.69 Å². The topological polar surface area (TPSA) is 77.9 Å². The number of hydrogen-bond donors (Lipinski definition) is 1. The molecular formula is C6H6LiN3O2. The van der Waals surface area contributed by atoms with Gasteiger partial charge in [-0.05, 0) is 6.07 Å². The largest absolute Gasteiger partial charge is 1.00 e. The van der Waals surface area contributed by atoms with Crippen LogP contribution in [0.25, 0.3) is 0 Å². The summed E-state index contributed by atoms with van der Waals surface area (Å²) >= 11 is 0. The van der Waals surface area contributed by atoms with Crippen molar-refractivity contribution >= 4 is 11.7 Å². The SMILES string of the molecule is CNc1cnnc(C(=O)[O-])c1.[Li+]. The molecule has 12 heavy (non-hydrogen) atoms. The molecule has 1 rings (SSSR count). The van der Waals surface area contributed by atoms with Crippen LogP contribution in [0.2, 0.25) is 0 Å². The van der Waals surface area contributed by atoms with Gasteiger partial charge in [-0.15, -0.1) is 5.10 Å². The summed E-state index contributed by atoms with van der Waals surface area (Å²) in [6.07, 6.45) is 1.42. The predicted molar refractivity (Wildman–Crippen MR) is 35.9 cm³/mol. The minimum atomic E-state index is -1.32. The molecule has 0 aliphatic carbocycles. The molecule has 0 unspecified atom stereocenters. The average molecular weight is 159 g/mol. The molecule has 0 aromatic carbocycles. The zero-order valence-corrected chi connectivity index (χ0v) is 6.87. The molecule has 0 saturated heterocycles. The van der Waals surface area contributed by atoms with Crippen molar-refractivity contribution < 1.29 is 28.8 Å². The third-order valence-electron chi connectivity index (χ3n) is 1.15. The number of anilines is 1. The van der Waals surface area contributed by atoms with Gasteiger partial charge in [0.15, 0.2) is 0 Å². The van der Waals surface area contributed by atoms with E-state index in [2.05, 4.69) is 15.5 Å². The minimum absolute atomic E-state index is 0. The van der Waals surface area contributed by atoms with Crippen molar-refractivity contribution in [1.82, 2.24) is 10.2 Å². The van der Waals surface area contributed by atoms with Gasteiger partial charge in [0.2, 0.25) is 0 Å². The van der Waals surface area contributed by atoms with E-state index in [-0.39, 0.29) is 24.6 Å². The third kappa shape index (κ3) is 2.53. The Kier molecular flexibility index (Phi) is 4.33. The fraction of sp³-hybridized carbons (Fsp3) is 0.167. The number of hydrogen-bond acceptors (Lipinski definition) is 5. The van der Waals surface area contributed by atoms with Crippen LogP contribution in [-0.4, -0.2) is 23.2 Å². The summed E-state index contributed by atoms with van der Waals surface area (Å²) in [7, 11) is 1.66. The smallest absolute Gasteiger partial charge is 0.543 e. The molecule has 0 amide bonds. The van der Waals surface area contributed by atoms with Crippen LogP contribution in [0.5, 0.6) is 0 Å². The van der Waals surface area contributed by atoms with Crippen LogP contribution >= 0.6 is 0 Å². The number of nitrogens with zero attached hydrogens (tertiary/aromatic N) is 2. The number of carboxylic acid groups (broad SMARTS) is 1. The van der Waals surface area contributed by atoms with Crippen molar-refractivity contribution in [3.8, 4) is 0 Å². The Bertz CT molecular complexity index is 279. The van der Waals surface area contributed by atoms with E-state index in [1.807, 2.05) is 0 Å². The Hall–Kier alpha value is -1.05. The second-order valence-electron chi connectivity index (χ2n) is 1.87. The first-order valence-electron chi connectivity index (χ1n) is 2.96. The van der Waals surface area contributed by atoms with Crippen LogP contribution in [-0.2, 0) is 0 Å². The van der Waals surface area contributed by atoms with Crippen LogP contribution in [0.3, 0.4) is 0 Å². The van der Waals surface area contributed by atoms with Crippen LogP contribution in [0.4, 0.5) is 5.69 Å². The van der Waals surface area contributed by atoms with Crippen molar-refractivity contribution in [2.75, 3.05) is 12.4 Å². The van der Waals surface area contributed by atoms with E-state index in [0.717, 1.165) is 0 Å². The summed E-state index contributed by atoms with van der Waals surface area (Å²) in [5.41, 5.74) is 0.427. The molecule has 0 fully saturated rings. The van der Waals surface area contributed by atoms with E-state index >= 15 is 0 Å². The van der Waals surface area contributed by atoms with Gasteiger partial charge in [-0.2, -0.15) is 5.10 Å². The van der Waals surface area contributed by atoms with Gasteiger partial charge >= 0.3 is 18.9 Å². The standard InChI is InChI=1S/C6H7N3O2.Li/c1-7-4-2-5(6(10)11)9-8-3-4;/h2-3H,1H3,(H,7,9)(H,10,11);/q;+1/p-1. The van der Waals surface area contributed by atoms with Gasteiger partial charge < -0.3 is 15.2 Å². The van der Waals surface area contributed by atoms with Crippen LogP contribution in [0.1, 0.15) is 10.5 Å². The maximum Gasteiger partial charge on any atom is 1.00 e. The predicted octanol–water partition coefficient (Wildman–Crippen LogP) is -4.11. The van der Waals surface area contributed by atoms with Crippen LogP contribution in [0.15, 0.2) is 12.3 Å². The fourth-order valence-electron chi connectivity index (χ4n) is 0.603. The molecule has 1 aromatic heterocycles. The second-order valence-corrected chi connectivity index (χ2v) is 1.87. The summed E-state index contributed by atoms with van der Waals surface area (Å²) in [5, 5.41) is 19.7. The van der Waals surface area contributed by atoms with Gasteiger partial charge in [-0.3, -0.25) is 0 Å². The van der Waals surface area contributed by atoms with Crippen molar-refractivity contribution in [3.05, 3.63) is 18.0 Å². The average Bonchev–Trinajstić information content (AvgIpc) is 2.05. The van der Waals surface area contributed by atoms with Gasteiger partial charge in [0, 0.05) is 7.05 Å². The first kappa shape index (κ1) is 10.9. The molecule has 5 nitrogen and oxygen atoms in total. The monoisotopic (exact) mass is 159 g/mol. The molecule has 0 atom stereocenters. The van der Waals surface area contributed by atoms with Crippen LogP contribution in [0, 0.1) is 0 Å².